The number of nitrogens with zero attached hydrogens (tertiary/aromatic N) is 2. The van der Waals surface area contributed by atoms with Crippen LogP contribution in [0, 0.1) is 11.8 Å². The molecular weight excluding hydrogens is 262 g/mol. The first-order valence-corrected chi connectivity index (χ1v) is 6.45. The largest absolute Gasteiger partial charge is 0.395 e. The average molecular weight is 273 g/mol. The molecule has 0 saturated heterocycles. The molecule has 0 radical (unpaired) electrons. The van der Waals surface area contributed by atoms with Crippen molar-refractivity contribution in [2.75, 3.05) is 11.9 Å². The number of rotatable bonds is 3. The molecular formula is C13H11N3O2S. The lowest BCUT2D eigenvalue weighted by Gasteiger charge is -2.01. The number of hydrogen-bond donors (Lipinski definition) is 2. The van der Waals surface area contributed by atoms with Crippen LogP contribution in [0.5, 0.6) is 0 Å². The number of benzene rings is 1. The molecule has 1 aromatic carbocycles. The number of anilines is 1. The van der Waals surface area contributed by atoms with E-state index < -0.39 is 0 Å². The number of carbonyl (C=O) groups excluding carboxylic acids is 1. The minimum absolute atomic E-state index is 0.0320. The number of aliphatic hydroxyl groups is 1. The number of nitrogens with one attached hydrogen (secondary N) is 1. The van der Waals surface area contributed by atoms with Gasteiger partial charge in [0.15, 0.2) is 0 Å². The molecule has 96 valence electrons. The molecule has 1 aromatic heterocycles. The molecule has 1 heterocycles. The van der Waals surface area contributed by atoms with Gasteiger partial charge in [0, 0.05) is 17.5 Å². The van der Waals surface area contributed by atoms with Crippen LogP contribution in [0.3, 0.4) is 0 Å². The Hall–Kier alpha value is -2.23. The Morgan fingerprint density at radius 2 is 2.37 bits per heavy atom. The molecule has 1 amide bonds. The summed E-state index contributed by atoms with van der Waals surface area (Å²) in [6, 6.07) is 6.97. The van der Waals surface area contributed by atoms with Gasteiger partial charge in [0.25, 0.3) is 5.91 Å². The Labute approximate surface area is 114 Å². The monoisotopic (exact) mass is 273 g/mol. The number of aromatic nitrogens is 2. The Morgan fingerprint density at radius 3 is 3.11 bits per heavy atom. The van der Waals surface area contributed by atoms with E-state index in [0.717, 1.165) is 5.56 Å². The van der Waals surface area contributed by atoms with Gasteiger partial charge in [0.05, 0.1) is 6.61 Å². The van der Waals surface area contributed by atoms with Crippen LogP contribution in [-0.2, 0) is 0 Å². The molecule has 0 aliphatic carbocycles. The molecule has 19 heavy (non-hydrogen) atoms. The van der Waals surface area contributed by atoms with Crippen molar-refractivity contribution in [3.05, 3.63) is 40.9 Å². The van der Waals surface area contributed by atoms with Gasteiger partial charge in [0.1, 0.15) is 5.51 Å². The lowest BCUT2D eigenvalue weighted by Crippen LogP contribution is -2.11. The highest BCUT2D eigenvalue weighted by atomic mass is 32.1. The maximum absolute atomic E-state index is 11.9. The standard InChI is InChI=1S/C13H11N3O2S/c17-7-2-1-4-10-5-3-6-11(8-10)12(18)15-13-16-14-9-19-13/h3,5-6,8-9,17H,2,7H2,(H,15,16,18). The molecule has 0 unspecified atom stereocenters. The van der Waals surface area contributed by atoms with Crippen molar-refractivity contribution in [3.63, 3.8) is 0 Å². The first-order chi connectivity index (χ1) is 9.29. The summed E-state index contributed by atoms with van der Waals surface area (Å²) >= 11 is 1.26. The van der Waals surface area contributed by atoms with E-state index in [1.807, 2.05) is 6.07 Å². The van der Waals surface area contributed by atoms with Gasteiger partial charge < -0.3 is 5.11 Å². The van der Waals surface area contributed by atoms with Crippen LogP contribution >= 0.6 is 11.3 Å². The summed E-state index contributed by atoms with van der Waals surface area (Å²) in [7, 11) is 0. The summed E-state index contributed by atoms with van der Waals surface area (Å²) < 4.78 is 0. The van der Waals surface area contributed by atoms with Gasteiger partial charge in [-0.25, -0.2) is 0 Å². The molecule has 0 fully saturated rings. The molecule has 0 aliphatic heterocycles. The molecule has 0 atom stereocenters. The van der Waals surface area contributed by atoms with Crippen LogP contribution in [-0.4, -0.2) is 27.8 Å². The third-order valence-corrected chi connectivity index (χ3v) is 2.78. The maximum Gasteiger partial charge on any atom is 0.257 e. The topological polar surface area (TPSA) is 75.1 Å². The van der Waals surface area contributed by atoms with E-state index in [4.69, 9.17) is 5.11 Å². The predicted octanol–water partition coefficient (Wildman–Crippen LogP) is 1.52. The van der Waals surface area contributed by atoms with Gasteiger partial charge in [-0.2, -0.15) is 0 Å². The van der Waals surface area contributed by atoms with Gasteiger partial charge in [-0.15, -0.1) is 10.2 Å². The van der Waals surface area contributed by atoms with E-state index >= 15 is 0 Å². The molecule has 2 N–H and O–H groups in total. The molecule has 2 rings (SSSR count). The van der Waals surface area contributed by atoms with Gasteiger partial charge in [-0.3, -0.25) is 10.1 Å². The van der Waals surface area contributed by atoms with Crippen LogP contribution in [0.25, 0.3) is 0 Å². The zero-order valence-corrected chi connectivity index (χ0v) is 10.8. The number of carbonyl (C=O) groups is 1. The molecule has 0 aliphatic rings. The van der Waals surface area contributed by atoms with Crippen molar-refractivity contribution in [3.8, 4) is 11.8 Å². The SMILES string of the molecule is O=C(Nc1nncs1)c1cccc(C#CCCO)c1. The van der Waals surface area contributed by atoms with E-state index in [0.29, 0.717) is 17.1 Å². The maximum atomic E-state index is 11.9. The zero-order valence-electron chi connectivity index (χ0n) is 9.96. The lowest BCUT2D eigenvalue weighted by molar-refractivity contribution is 0.102. The fraction of sp³-hybridized carbons (Fsp3) is 0.154. The van der Waals surface area contributed by atoms with E-state index in [-0.39, 0.29) is 12.5 Å². The minimum atomic E-state index is -0.248. The summed E-state index contributed by atoms with van der Waals surface area (Å²) in [5, 5.41) is 19.2. The molecule has 2 aromatic rings. The summed E-state index contributed by atoms with van der Waals surface area (Å²) in [6.07, 6.45) is 0.418. The average Bonchev–Trinajstić information content (AvgIpc) is 2.92. The first kappa shape index (κ1) is 13.2. The normalized spacial score (nSPS) is 9.53. The van der Waals surface area contributed by atoms with Crippen LogP contribution in [0.2, 0.25) is 0 Å². The molecule has 0 saturated carbocycles. The number of aliphatic hydroxyl groups excluding tert-OH is 1. The molecule has 0 spiro atoms. The molecule has 6 heteroatoms. The quantitative estimate of drug-likeness (QED) is 0.831. The van der Waals surface area contributed by atoms with Crippen molar-refractivity contribution in [1.29, 1.82) is 0 Å². The highest BCUT2D eigenvalue weighted by Gasteiger charge is 2.07. The highest BCUT2D eigenvalue weighted by Crippen LogP contribution is 2.11. The smallest absolute Gasteiger partial charge is 0.257 e. The minimum Gasteiger partial charge on any atom is -0.395 e. The van der Waals surface area contributed by atoms with E-state index in [9.17, 15) is 4.79 Å². The second-order valence-electron chi connectivity index (χ2n) is 3.55. The Kier molecular flexibility index (Phi) is 4.61. The van der Waals surface area contributed by atoms with Crippen molar-refractivity contribution < 1.29 is 9.90 Å². The van der Waals surface area contributed by atoms with Crippen molar-refractivity contribution in [1.82, 2.24) is 10.2 Å². The second kappa shape index (κ2) is 6.64. The Balaban J connectivity index is 2.10. The van der Waals surface area contributed by atoms with Crippen LogP contribution in [0.1, 0.15) is 22.3 Å². The summed E-state index contributed by atoms with van der Waals surface area (Å²) in [6.45, 7) is 0.0320. The summed E-state index contributed by atoms with van der Waals surface area (Å²) in [4.78, 5) is 11.9. The third-order valence-electron chi connectivity index (χ3n) is 2.17. The third kappa shape index (κ3) is 3.88. The summed E-state index contributed by atoms with van der Waals surface area (Å²) in [5.74, 6) is 5.45. The van der Waals surface area contributed by atoms with Crippen molar-refractivity contribution in [2.24, 2.45) is 0 Å². The van der Waals surface area contributed by atoms with Crippen LogP contribution in [0.15, 0.2) is 29.8 Å². The fourth-order valence-electron chi connectivity index (χ4n) is 1.36. The zero-order chi connectivity index (χ0) is 13.5. The second-order valence-corrected chi connectivity index (χ2v) is 4.39. The molecule has 5 nitrogen and oxygen atoms in total. The van der Waals surface area contributed by atoms with E-state index in [1.54, 1.807) is 23.7 Å². The van der Waals surface area contributed by atoms with Gasteiger partial charge >= 0.3 is 0 Å². The van der Waals surface area contributed by atoms with E-state index in [1.165, 1.54) is 11.3 Å². The lowest BCUT2D eigenvalue weighted by atomic mass is 10.1. The van der Waals surface area contributed by atoms with Crippen molar-refractivity contribution in [2.45, 2.75) is 6.42 Å². The highest BCUT2D eigenvalue weighted by molar-refractivity contribution is 7.13. The summed E-state index contributed by atoms with van der Waals surface area (Å²) in [5.41, 5.74) is 2.79. The molecule has 0 bridgehead atoms. The Morgan fingerprint density at radius 1 is 1.47 bits per heavy atom. The van der Waals surface area contributed by atoms with E-state index in [2.05, 4.69) is 27.4 Å². The van der Waals surface area contributed by atoms with Gasteiger partial charge in [0.2, 0.25) is 5.13 Å². The van der Waals surface area contributed by atoms with Crippen molar-refractivity contribution >= 4 is 22.4 Å². The van der Waals surface area contributed by atoms with Gasteiger partial charge in [-0.1, -0.05) is 29.2 Å². The van der Waals surface area contributed by atoms with Gasteiger partial charge in [-0.05, 0) is 18.2 Å². The van der Waals surface area contributed by atoms with Crippen LogP contribution < -0.4 is 5.32 Å². The number of amides is 1. The first-order valence-electron chi connectivity index (χ1n) is 5.57. The van der Waals surface area contributed by atoms with Crippen LogP contribution in [0.4, 0.5) is 5.13 Å². The predicted molar refractivity (Wildman–Crippen MR) is 72.9 cm³/mol. The Bertz CT molecular complexity index is 614. The fourth-order valence-corrected chi connectivity index (χ4v) is 1.80. The number of hydrogen-bond acceptors (Lipinski definition) is 5.